The quantitative estimate of drug-likeness (QED) is 0.0222. The number of carbonyl (C=O) groups is 4. The Morgan fingerprint density at radius 2 is 0.455 bits per heavy atom. The lowest BCUT2D eigenvalue weighted by molar-refractivity contribution is -0.161. The predicted octanol–water partition coefficient (Wildman–Crippen LogP) is 24.8. The Kier molecular flexibility index (Phi) is 73.5. The fraction of sp³-hybridized carbons (Fsp3) is 0.951. The second kappa shape index (κ2) is 74.9. The van der Waals surface area contributed by atoms with Crippen LogP contribution in [-0.2, 0) is 65.4 Å². The zero-order valence-corrected chi connectivity index (χ0v) is 67.8. The Bertz CT molecular complexity index is 1930. The Labute approximate surface area is 619 Å². The van der Waals surface area contributed by atoms with Crippen molar-refractivity contribution in [2.24, 2.45) is 5.92 Å². The number of aliphatic hydroxyl groups is 1. The van der Waals surface area contributed by atoms with Crippen molar-refractivity contribution >= 4 is 39.5 Å². The lowest BCUT2D eigenvalue weighted by Gasteiger charge is -2.21. The highest BCUT2D eigenvalue weighted by molar-refractivity contribution is 7.47. The third-order valence-electron chi connectivity index (χ3n) is 19.3. The first-order valence-corrected chi connectivity index (χ1v) is 45.6. The Hall–Kier alpha value is -1.94. The first-order chi connectivity index (χ1) is 49.0. The van der Waals surface area contributed by atoms with Gasteiger partial charge in [0, 0.05) is 25.7 Å². The number of phosphoric acid groups is 2. The largest absolute Gasteiger partial charge is 0.472 e. The van der Waals surface area contributed by atoms with Crippen molar-refractivity contribution in [1.82, 2.24) is 0 Å². The van der Waals surface area contributed by atoms with E-state index in [-0.39, 0.29) is 25.7 Å². The average Bonchev–Trinajstić information content (AvgIpc) is 0.967. The van der Waals surface area contributed by atoms with Crippen LogP contribution in [0.5, 0.6) is 0 Å². The van der Waals surface area contributed by atoms with Gasteiger partial charge < -0.3 is 33.8 Å². The van der Waals surface area contributed by atoms with Gasteiger partial charge in [-0.05, 0) is 31.6 Å². The van der Waals surface area contributed by atoms with Crippen LogP contribution in [0.1, 0.15) is 439 Å². The maximum absolute atomic E-state index is 13.1. The highest BCUT2D eigenvalue weighted by atomic mass is 31.2. The number of esters is 4. The zero-order chi connectivity index (χ0) is 74.1. The second-order valence-corrected chi connectivity index (χ2v) is 32.9. The molecular weight excluding hydrogens is 1320 g/mol. The van der Waals surface area contributed by atoms with E-state index in [1.165, 1.54) is 263 Å². The molecule has 3 N–H and O–H groups in total. The van der Waals surface area contributed by atoms with E-state index >= 15 is 0 Å². The molecule has 101 heavy (non-hydrogen) atoms. The van der Waals surface area contributed by atoms with E-state index in [0.717, 1.165) is 95.8 Å². The van der Waals surface area contributed by atoms with Crippen molar-refractivity contribution in [3.63, 3.8) is 0 Å². The fourth-order valence-electron chi connectivity index (χ4n) is 12.8. The van der Waals surface area contributed by atoms with E-state index in [4.69, 9.17) is 37.0 Å². The van der Waals surface area contributed by atoms with Gasteiger partial charge in [0.1, 0.15) is 19.3 Å². The minimum absolute atomic E-state index is 0.108. The van der Waals surface area contributed by atoms with Crippen LogP contribution in [-0.4, -0.2) is 96.7 Å². The molecule has 0 aliphatic heterocycles. The molecule has 0 heterocycles. The molecule has 0 saturated carbocycles. The summed E-state index contributed by atoms with van der Waals surface area (Å²) in [5.41, 5.74) is 0. The molecule has 600 valence electrons. The van der Waals surface area contributed by atoms with Gasteiger partial charge in [-0.3, -0.25) is 37.3 Å². The van der Waals surface area contributed by atoms with Gasteiger partial charge in [-0.1, -0.05) is 388 Å². The summed E-state index contributed by atoms with van der Waals surface area (Å²) in [7, 11) is -9.92. The molecule has 0 spiro atoms. The summed E-state index contributed by atoms with van der Waals surface area (Å²) in [6, 6.07) is 0. The van der Waals surface area contributed by atoms with Crippen molar-refractivity contribution < 1.29 is 80.2 Å². The summed E-state index contributed by atoms with van der Waals surface area (Å²) in [4.78, 5) is 73.1. The van der Waals surface area contributed by atoms with Crippen LogP contribution >= 0.6 is 15.6 Å². The first kappa shape index (κ1) is 99.1. The van der Waals surface area contributed by atoms with Crippen molar-refractivity contribution in [2.45, 2.75) is 457 Å². The van der Waals surface area contributed by atoms with Crippen molar-refractivity contribution in [2.75, 3.05) is 39.6 Å². The third kappa shape index (κ3) is 76.1. The molecule has 0 rings (SSSR count). The van der Waals surface area contributed by atoms with Crippen molar-refractivity contribution in [3.05, 3.63) is 0 Å². The number of hydrogen-bond donors (Lipinski definition) is 3. The van der Waals surface area contributed by atoms with E-state index in [1.807, 2.05) is 0 Å². The van der Waals surface area contributed by atoms with Crippen molar-refractivity contribution in [1.29, 1.82) is 0 Å². The highest BCUT2D eigenvalue weighted by Gasteiger charge is 2.30. The molecule has 0 saturated heterocycles. The topological polar surface area (TPSA) is 237 Å². The molecule has 5 atom stereocenters. The average molecular weight is 1480 g/mol. The van der Waals surface area contributed by atoms with E-state index in [1.54, 1.807) is 0 Å². The lowest BCUT2D eigenvalue weighted by atomic mass is 10.0. The summed E-state index contributed by atoms with van der Waals surface area (Å²) in [5, 5.41) is 10.7. The van der Waals surface area contributed by atoms with Crippen LogP contribution in [0.25, 0.3) is 0 Å². The second-order valence-electron chi connectivity index (χ2n) is 30.0. The molecule has 0 aliphatic carbocycles. The number of carbonyl (C=O) groups excluding carboxylic acids is 4. The van der Waals surface area contributed by atoms with Crippen LogP contribution in [0, 0.1) is 5.92 Å². The number of unbranched alkanes of at least 4 members (excludes halogenated alkanes) is 54. The summed E-state index contributed by atoms with van der Waals surface area (Å²) < 4.78 is 68.8. The van der Waals surface area contributed by atoms with E-state index in [9.17, 15) is 43.2 Å². The monoisotopic (exact) mass is 1480 g/mol. The van der Waals surface area contributed by atoms with Crippen molar-refractivity contribution in [3.8, 4) is 0 Å². The summed E-state index contributed by atoms with van der Waals surface area (Å²) >= 11 is 0. The van der Waals surface area contributed by atoms with Gasteiger partial charge in [-0.2, -0.15) is 0 Å². The normalized spacial score (nSPS) is 13.8. The van der Waals surface area contributed by atoms with Crippen LogP contribution in [0.2, 0.25) is 0 Å². The van der Waals surface area contributed by atoms with Gasteiger partial charge >= 0.3 is 39.5 Å². The van der Waals surface area contributed by atoms with Crippen LogP contribution in [0.3, 0.4) is 0 Å². The molecule has 2 unspecified atom stereocenters. The van der Waals surface area contributed by atoms with Gasteiger partial charge in [0.25, 0.3) is 0 Å². The molecule has 19 heteroatoms. The third-order valence-corrected chi connectivity index (χ3v) is 21.2. The molecule has 17 nitrogen and oxygen atoms in total. The molecule has 0 bridgehead atoms. The smallest absolute Gasteiger partial charge is 0.462 e. The molecule has 0 aliphatic rings. The minimum atomic E-state index is -4.96. The predicted molar refractivity (Wildman–Crippen MR) is 414 cm³/mol. The molecule has 0 aromatic carbocycles. The van der Waals surface area contributed by atoms with Gasteiger partial charge in [0.15, 0.2) is 12.2 Å². The maximum atomic E-state index is 13.1. The number of ether oxygens (including phenoxy) is 4. The summed E-state index contributed by atoms with van der Waals surface area (Å²) in [6.07, 6.45) is 66.4. The van der Waals surface area contributed by atoms with Gasteiger partial charge in [-0.25, -0.2) is 9.13 Å². The number of phosphoric ester groups is 2. The maximum Gasteiger partial charge on any atom is 0.472 e. The Morgan fingerprint density at radius 1 is 0.267 bits per heavy atom. The van der Waals surface area contributed by atoms with Crippen LogP contribution in [0.4, 0.5) is 0 Å². The SMILES string of the molecule is CCCCCCCCCCCCCCCCCCCCC(=O)O[C@H](COC(=O)CCCCCCCCCCCCCCCCCC)COP(=O)(O)OC[C@@H](O)COP(=O)(O)OC[C@@H](COC(=O)CCCCCCCCCCCCCC)OC(=O)CCCCCCCCCCCCCCC(C)C. The standard InChI is InChI=1S/C82H160O17P2/c1-6-9-12-15-18-21-24-27-29-31-32-34-36-42-47-52-57-62-67-81(86)98-78(72-93-80(85)66-61-56-51-46-41-35-33-30-28-25-22-19-16-13-10-7-2)74-97-101(90,91)95-70-76(83)69-94-100(88,89)96-73-77(71-92-79(84)65-60-55-50-45-40-26-23-20-17-14-11-8-3)99-82(87)68-63-58-53-48-43-38-37-39-44-49-54-59-64-75(4)5/h75-78,83H,6-74H2,1-5H3,(H,88,89)(H,90,91)/t76-,77+,78+/m0/s1. The number of hydrogen-bond acceptors (Lipinski definition) is 15. The van der Waals surface area contributed by atoms with E-state index < -0.39 is 97.5 Å². The van der Waals surface area contributed by atoms with Gasteiger partial charge in [0.05, 0.1) is 26.4 Å². The number of aliphatic hydroxyl groups excluding tert-OH is 1. The molecule has 0 aromatic heterocycles. The molecular formula is C82H160O17P2. The molecule has 0 aromatic rings. The number of rotatable bonds is 82. The van der Waals surface area contributed by atoms with E-state index in [2.05, 4.69) is 34.6 Å². The minimum Gasteiger partial charge on any atom is -0.462 e. The van der Waals surface area contributed by atoms with Crippen LogP contribution < -0.4 is 0 Å². The molecule has 0 radical (unpaired) electrons. The van der Waals surface area contributed by atoms with Gasteiger partial charge in [-0.15, -0.1) is 0 Å². The Morgan fingerprint density at radius 3 is 0.673 bits per heavy atom. The Balaban J connectivity index is 5.26. The van der Waals surface area contributed by atoms with Gasteiger partial charge in [0.2, 0.25) is 0 Å². The van der Waals surface area contributed by atoms with E-state index in [0.29, 0.717) is 25.7 Å². The highest BCUT2D eigenvalue weighted by Crippen LogP contribution is 2.45. The fourth-order valence-corrected chi connectivity index (χ4v) is 14.3. The summed E-state index contributed by atoms with van der Waals surface area (Å²) in [5.74, 6) is -1.33. The summed E-state index contributed by atoms with van der Waals surface area (Å²) in [6.45, 7) is 7.36. The van der Waals surface area contributed by atoms with Crippen LogP contribution in [0.15, 0.2) is 0 Å². The molecule has 0 amide bonds. The lowest BCUT2D eigenvalue weighted by Crippen LogP contribution is -2.30. The first-order valence-electron chi connectivity index (χ1n) is 42.6. The zero-order valence-electron chi connectivity index (χ0n) is 66.1. The molecule has 0 fully saturated rings.